The second kappa shape index (κ2) is 7.81. The number of fused-ring (bicyclic) bond motifs is 1. The third kappa shape index (κ3) is 4.37. The van der Waals surface area contributed by atoms with E-state index in [1.807, 2.05) is 30.3 Å². The number of hydrogen-bond acceptors (Lipinski definition) is 4. The fourth-order valence-corrected chi connectivity index (χ4v) is 2.52. The molecule has 25 heavy (non-hydrogen) atoms. The molecule has 0 aromatic heterocycles. The van der Waals surface area contributed by atoms with Crippen molar-refractivity contribution in [2.45, 2.75) is 0 Å². The summed E-state index contributed by atoms with van der Waals surface area (Å²) in [6, 6.07) is 19.9. The van der Waals surface area contributed by atoms with Crippen LogP contribution < -0.4 is 4.74 Å². The fraction of sp³-hybridized carbons (Fsp3) is 0.100. The number of carbonyl (C=O) groups is 2. The van der Waals surface area contributed by atoms with Crippen molar-refractivity contribution in [1.29, 1.82) is 0 Å². The molecule has 0 unspecified atom stereocenters. The minimum atomic E-state index is -0.631. The summed E-state index contributed by atoms with van der Waals surface area (Å²) >= 11 is 5.93. The van der Waals surface area contributed by atoms with E-state index in [2.05, 4.69) is 0 Å². The number of carbonyl (C=O) groups excluding carboxylic acids is 2. The quantitative estimate of drug-likeness (QED) is 0.489. The molecule has 0 aliphatic carbocycles. The lowest BCUT2D eigenvalue weighted by Gasteiger charge is -2.08. The molecule has 0 fully saturated rings. The molecule has 0 spiro atoms. The van der Waals surface area contributed by atoms with Crippen LogP contribution >= 0.6 is 11.6 Å². The van der Waals surface area contributed by atoms with Gasteiger partial charge in [0, 0.05) is 5.56 Å². The van der Waals surface area contributed by atoms with Crippen LogP contribution in [0.25, 0.3) is 10.8 Å². The van der Waals surface area contributed by atoms with Gasteiger partial charge in [0.05, 0.1) is 5.02 Å². The smallest absolute Gasteiger partial charge is 0.344 e. The lowest BCUT2D eigenvalue weighted by molar-refractivity contribution is -0.144. The topological polar surface area (TPSA) is 52.6 Å². The summed E-state index contributed by atoms with van der Waals surface area (Å²) in [5.74, 6) is -0.507. The van der Waals surface area contributed by atoms with Gasteiger partial charge >= 0.3 is 5.97 Å². The molecule has 0 saturated heterocycles. The molecule has 0 N–H and O–H groups in total. The van der Waals surface area contributed by atoms with Gasteiger partial charge in [0.15, 0.2) is 19.0 Å². The number of halogens is 1. The first-order valence-corrected chi connectivity index (χ1v) is 8.06. The molecule has 5 heteroatoms. The maximum atomic E-state index is 12.2. The van der Waals surface area contributed by atoms with Crippen molar-refractivity contribution in [1.82, 2.24) is 0 Å². The molecule has 3 aromatic carbocycles. The van der Waals surface area contributed by atoms with E-state index in [-0.39, 0.29) is 19.0 Å². The monoisotopic (exact) mass is 354 g/mol. The van der Waals surface area contributed by atoms with Crippen molar-refractivity contribution in [2.75, 3.05) is 13.2 Å². The number of Topliss-reactive ketones (excluding diaryl/α,β-unsaturated/α-hetero) is 1. The first kappa shape index (κ1) is 17.0. The van der Waals surface area contributed by atoms with Crippen LogP contribution in [0.4, 0.5) is 0 Å². The van der Waals surface area contributed by atoms with Crippen LogP contribution in [-0.4, -0.2) is 25.0 Å². The van der Waals surface area contributed by atoms with Gasteiger partial charge in [-0.1, -0.05) is 60.1 Å². The van der Waals surface area contributed by atoms with E-state index in [4.69, 9.17) is 21.1 Å². The molecule has 126 valence electrons. The molecule has 3 rings (SSSR count). The molecule has 0 heterocycles. The Morgan fingerprint density at radius 1 is 0.840 bits per heavy atom. The van der Waals surface area contributed by atoms with Gasteiger partial charge in [-0.05, 0) is 29.0 Å². The molecule has 3 aromatic rings. The average molecular weight is 355 g/mol. The zero-order chi connectivity index (χ0) is 17.6. The number of para-hydroxylation sites is 1. The lowest BCUT2D eigenvalue weighted by Crippen LogP contribution is -2.19. The Hall–Kier alpha value is -2.85. The zero-order valence-electron chi connectivity index (χ0n) is 13.3. The van der Waals surface area contributed by atoms with Gasteiger partial charge < -0.3 is 9.47 Å². The van der Waals surface area contributed by atoms with E-state index in [1.54, 1.807) is 36.4 Å². The summed E-state index contributed by atoms with van der Waals surface area (Å²) in [6.45, 7) is -0.641. The average Bonchev–Trinajstić information content (AvgIpc) is 2.65. The van der Waals surface area contributed by atoms with Crippen molar-refractivity contribution in [2.24, 2.45) is 0 Å². The summed E-state index contributed by atoms with van der Waals surface area (Å²) in [5.41, 5.74) is 0.499. The third-order valence-electron chi connectivity index (χ3n) is 3.62. The first-order chi connectivity index (χ1) is 12.1. The van der Waals surface area contributed by atoms with Crippen molar-refractivity contribution in [3.8, 4) is 5.75 Å². The SMILES string of the molecule is O=C(COc1ccccc1Cl)OCC(=O)c1ccc2ccccc2c1. The molecule has 0 amide bonds. The largest absolute Gasteiger partial charge is 0.480 e. The normalized spacial score (nSPS) is 10.4. The highest BCUT2D eigenvalue weighted by Crippen LogP contribution is 2.23. The Morgan fingerprint density at radius 3 is 2.36 bits per heavy atom. The molecule has 0 radical (unpaired) electrons. The summed E-state index contributed by atoms with van der Waals surface area (Å²) in [5, 5.41) is 2.41. The molecule has 0 atom stereocenters. The van der Waals surface area contributed by atoms with Gasteiger partial charge in [-0.15, -0.1) is 0 Å². The summed E-state index contributed by atoms with van der Waals surface area (Å²) in [7, 11) is 0. The van der Waals surface area contributed by atoms with E-state index in [0.717, 1.165) is 10.8 Å². The number of ketones is 1. The number of hydrogen-bond donors (Lipinski definition) is 0. The van der Waals surface area contributed by atoms with E-state index in [1.165, 1.54) is 0 Å². The molecule has 0 aliphatic heterocycles. The highest BCUT2D eigenvalue weighted by atomic mass is 35.5. The molecular formula is C20H15ClO4. The maximum Gasteiger partial charge on any atom is 0.344 e. The zero-order valence-corrected chi connectivity index (χ0v) is 14.0. The number of ether oxygens (including phenoxy) is 2. The number of benzene rings is 3. The Labute approximate surface area is 149 Å². The van der Waals surface area contributed by atoms with Crippen molar-refractivity contribution < 1.29 is 19.1 Å². The van der Waals surface area contributed by atoms with Gasteiger partial charge in [-0.2, -0.15) is 0 Å². The summed E-state index contributed by atoms with van der Waals surface area (Å²) in [4.78, 5) is 23.9. The van der Waals surface area contributed by atoms with E-state index in [9.17, 15) is 9.59 Å². The highest BCUT2D eigenvalue weighted by Gasteiger charge is 2.12. The van der Waals surface area contributed by atoms with Crippen LogP contribution in [-0.2, 0) is 9.53 Å². The molecule has 0 bridgehead atoms. The maximum absolute atomic E-state index is 12.2. The van der Waals surface area contributed by atoms with Crippen molar-refractivity contribution in [3.63, 3.8) is 0 Å². The highest BCUT2D eigenvalue weighted by molar-refractivity contribution is 6.32. The van der Waals surface area contributed by atoms with E-state index < -0.39 is 5.97 Å². The number of rotatable bonds is 6. The molecule has 0 aliphatic rings. The van der Waals surface area contributed by atoms with E-state index >= 15 is 0 Å². The minimum absolute atomic E-state index is 0.267. The second-order valence-corrected chi connectivity index (χ2v) is 5.77. The van der Waals surface area contributed by atoms with Gasteiger partial charge in [-0.3, -0.25) is 4.79 Å². The Kier molecular flexibility index (Phi) is 5.31. The predicted molar refractivity (Wildman–Crippen MR) is 96.2 cm³/mol. The first-order valence-electron chi connectivity index (χ1n) is 7.68. The van der Waals surface area contributed by atoms with Crippen LogP contribution in [0.2, 0.25) is 5.02 Å². The van der Waals surface area contributed by atoms with Crippen LogP contribution in [0.1, 0.15) is 10.4 Å². The van der Waals surface area contributed by atoms with Crippen LogP contribution in [0, 0.1) is 0 Å². The van der Waals surface area contributed by atoms with E-state index in [0.29, 0.717) is 16.3 Å². The number of esters is 1. The summed E-state index contributed by atoms with van der Waals surface area (Å²) in [6.07, 6.45) is 0. The van der Waals surface area contributed by atoms with Crippen LogP contribution in [0.15, 0.2) is 66.7 Å². The Balaban J connectivity index is 1.54. The Bertz CT molecular complexity index is 920. The second-order valence-electron chi connectivity index (χ2n) is 5.36. The predicted octanol–water partition coefficient (Wildman–Crippen LogP) is 4.30. The summed E-state index contributed by atoms with van der Waals surface area (Å²) < 4.78 is 10.3. The van der Waals surface area contributed by atoms with Crippen LogP contribution in [0.3, 0.4) is 0 Å². The van der Waals surface area contributed by atoms with Gasteiger partial charge in [0.2, 0.25) is 0 Å². The lowest BCUT2D eigenvalue weighted by atomic mass is 10.0. The standard InChI is InChI=1S/C20H15ClO4/c21-17-7-3-4-8-19(17)24-13-20(23)25-12-18(22)16-10-9-14-5-1-2-6-15(14)11-16/h1-11H,12-13H2. The van der Waals surface area contributed by atoms with Crippen molar-refractivity contribution >= 4 is 34.1 Å². The molecule has 4 nitrogen and oxygen atoms in total. The van der Waals surface area contributed by atoms with Gasteiger partial charge in [0.25, 0.3) is 0 Å². The van der Waals surface area contributed by atoms with Crippen LogP contribution in [0.5, 0.6) is 5.75 Å². The fourth-order valence-electron chi connectivity index (χ4n) is 2.33. The molecule has 0 saturated carbocycles. The minimum Gasteiger partial charge on any atom is -0.480 e. The molecular weight excluding hydrogens is 340 g/mol. The Morgan fingerprint density at radius 2 is 1.56 bits per heavy atom. The third-order valence-corrected chi connectivity index (χ3v) is 3.93. The van der Waals surface area contributed by atoms with Gasteiger partial charge in [-0.25, -0.2) is 4.79 Å². The van der Waals surface area contributed by atoms with Gasteiger partial charge in [0.1, 0.15) is 5.75 Å². The van der Waals surface area contributed by atoms with Crippen molar-refractivity contribution in [3.05, 3.63) is 77.3 Å².